The van der Waals surface area contributed by atoms with Gasteiger partial charge in [0.25, 0.3) is 0 Å². The fourth-order valence-electron chi connectivity index (χ4n) is 2.35. The highest BCUT2D eigenvalue weighted by molar-refractivity contribution is 7.38. The molecule has 0 aromatic heterocycles. The third-order valence-corrected chi connectivity index (χ3v) is 22.1. The Kier molecular flexibility index (Phi) is 5.46. The maximum absolute atomic E-state index is 6.48. The molecule has 0 bridgehead atoms. The van der Waals surface area contributed by atoms with E-state index in [0.717, 1.165) is 6.61 Å². The Morgan fingerprint density at radius 3 is 2.28 bits per heavy atom. The van der Waals surface area contributed by atoms with Gasteiger partial charge in [0.15, 0.2) is 16.2 Å². The van der Waals surface area contributed by atoms with Gasteiger partial charge in [0, 0.05) is 12.7 Å². The second-order valence-electron chi connectivity index (χ2n) is 7.78. The summed E-state index contributed by atoms with van der Waals surface area (Å²) in [6.07, 6.45) is 4.19. The van der Waals surface area contributed by atoms with E-state index in [1.54, 1.807) is 0 Å². The van der Waals surface area contributed by atoms with Crippen LogP contribution in [-0.2, 0) is 8.85 Å². The topological polar surface area (TPSA) is 18.5 Å². The first-order valence-electron chi connectivity index (χ1n) is 7.35. The van der Waals surface area contributed by atoms with Crippen LogP contribution in [0.4, 0.5) is 0 Å². The summed E-state index contributed by atoms with van der Waals surface area (Å²) in [5, 5.41) is 0. The number of hydrogen-bond donors (Lipinski definition) is 0. The Morgan fingerprint density at radius 2 is 1.78 bits per heavy atom. The lowest BCUT2D eigenvalue weighted by atomic mass is 10.1. The Hall–Kier alpha value is 0.571. The maximum atomic E-state index is 6.48. The highest BCUT2D eigenvalue weighted by atomic mass is 29.3. The van der Waals surface area contributed by atoms with Crippen molar-refractivity contribution >= 4 is 23.7 Å². The van der Waals surface area contributed by atoms with Gasteiger partial charge in [-0.3, -0.25) is 0 Å². The van der Waals surface area contributed by atoms with E-state index in [4.69, 9.17) is 8.85 Å². The predicted molar refractivity (Wildman–Crippen MR) is 87.8 cm³/mol. The van der Waals surface area contributed by atoms with Gasteiger partial charge >= 0.3 is 0 Å². The van der Waals surface area contributed by atoms with Crippen LogP contribution in [0.25, 0.3) is 0 Å². The van der Waals surface area contributed by atoms with Gasteiger partial charge in [-0.2, -0.15) is 0 Å². The molecule has 1 rings (SSSR count). The van der Waals surface area contributed by atoms with Crippen molar-refractivity contribution in [2.75, 3.05) is 6.61 Å². The van der Waals surface area contributed by atoms with Crippen molar-refractivity contribution in [2.24, 2.45) is 0 Å². The molecule has 2 nitrogen and oxygen atoms in total. The average Bonchev–Trinajstić information content (AvgIpc) is 2.17. The zero-order valence-electron chi connectivity index (χ0n) is 13.4. The maximum Gasteiger partial charge on any atom is 0.183 e. The molecule has 1 fully saturated rings. The van der Waals surface area contributed by atoms with Gasteiger partial charge in [-0.1, -0.05) is 19.1 Å². The molecule has 0 saturated carbocycles. The molecule has 0 amide bonds. The van der Waals surface area contributed by atoms with Crippen molar-refractivity contribution in [3.05, 3.63) is 0 Å². The van der Waals surface area contributed by atoms with Crippen LogP contribution < -0.4 is 0 Å². The quantitative estimate of drug-likeness (QED) is 0.553. The fourth-order valence-corrected chi connectivity index (χ4v) is 9.84. The third kappa shape index (κ3) is 4.92. The zero-order valence-corrected chi connectivity index (χ0v) is 16.4. The normalized spacial score (nSPS) is 27.2. The summed E-state index contributed by atoms with van der Waals surface area (Å²) in [7, 11) is -3.74. The van der Waals surface area contributed by atoms with Crippen LogP contribution in [0, 0.1) is 0 Å². The summed E-state index contributed by atoms with van der Waals surface area (Å²) in [6.45, 7) is 17.6. The minimum atomic E-state index is -1.37. The second-order valence-corrected chi connectivity index (χ2v) is 27.5. The van der Waals surface area contributed by atoms with E-state index in [1.807, 2.05) is 0 Å². The van der Waals surface area contributed by atoms with Gasteiger partial charge in [-0.05, 0) is 52.0 Å². The van der Waals surface area contributed by atoms with Gasteiger partial charge in [0.05, 0.1) is 7.59 Å². The van der Waals surface area contributed by atoms with Crippen molar-refractivity contribution in [1.82, 2.24) is 0 Å². The Bertz CT molecular complexity index is 272. The molecule has 1 aliphatic rings. The first-order chi connectivity index (χ1) is 8.04. The molecule has 0 aromatic rings. The van der Waals surface area contributed by atoms with E-state index in [1.165, 1.54) is 25.3 Å². The summed E-state index contributed by atoms with van der Waals surface area (Å²) >= 11 is 0. The summed E-state index contributed by atoms with van der Waals surface area (Å²) in [4.78, 5) is 0. The molecule has 1 heterocycles. The molecule has 18 heavy (non-hydrogen) atoms. The van der Waals surface area contributed by atoms with Crippen molar-refractivity contribution in [2.45, 2.75) is 77.2 Å². The largest absolute Gasteiger partial charge is 0.418 e. The lowest BCUT2D eigenvalue weighted by Crippen LogP contribution is -2.61. The van der Waals surface area contributed by atoms with E-state index in [9.17, 15) is 0 Å². The molecule has 1 aliphatic heterocycles. The van der Waals surface area contributed by atoms with Crippen LogP contribution in [0.2, 0.25) is 51.9 Å². The summed E-state index contributed by atoms with van der Waals surface area (Å²) < 4.78 is 12.4. The molecule has 0 aliphatic carbocycles. The first kappa shape index (κ1) is 16.6. The molecule has 0 aromatic carbocycles. The molecule has 0 spiro atoms. The van der Waals surface area contributed by atoms with Crippen LogP contribution in [0.5, 0.6) is 0 Å². The van der Waals surface area contributed by atoms with Crippen LogP contribution in [0.1, 0.15) is 19.3 Å². The van der Waals surface area contributed by atoms with E-state index < -0.39 is 23.7 Å². The molecule has 0 N–H and O–H groups in total. The van der Waals surface area contributed by atoms with Gasteiger partial charge in [0.1, 0.15) is 0 Å². The lowest BCUT2D eigenvalue weighted by molar-refractivity contribution is 0.162. The lowest BCUT2D eigenvalue weighted by Gasteiger charge is -2.45. The predicted octanol–water partition coefficient (Wildman–Crippen LogP) is 4.40. The minimum absolute atomic E-state index is 0.525. The van der Waals surface area contributed by atoms with Crippen molar-refractivity contribution in [1.29, 1.82) is 0 Å². The monoisotopic (exact) mass is 304 g/mol. The SMILES string of the molecule is C[Si](C)(C)OCCCC1CC[Si](C)(C)[Si](C)(C)O1. The van der Waals surface area contributed by atoms with Crippen LogP contribution in [0.3, 0.4) is 0 Å². The minimum Gasteiger partial charge on any atom is -0.418 e. The summed E-state index contributed by atoms with van der Waals surface area (Å²) in [5.74, 6) is 0. The van der Waals surface area contributed by atoms with Gasteiger partial charge in [0.2, 0.25) is 0 Å². The third-order valence-electron chi connectivity index (χ3n) is 4.39. The highest BCUT2D eigenvalue weighted by Crippen LogP contribution is 2.34. The fraction of sp³-hybridized carbons (Fsp3) is 1.00. The molecule has 1 unspecified atom stereocenters. The van der Waals surface area contributed by atoms with Crippen LogP contribution in [0.15, 0.2) is 0 Å². The standard InChI is InChI=1S/C13H32O2Si3/c1-16(2,3)14-11-8-9-13-10-12-17(4,5)18(6,7)15-13/h13H,8-12H2,1-7H3. The number of hydrogen-bond acceptors (Lipinski definition) is 2. The molecular weight excluding hydrogens is 272 g/mol. The highest BCUT2D eigenvalue weighted by Gasteiger charge is 2.47. The van der Waals surface area contributed by atoms with Crippen LogP contribution >= 0.6 is 0 Å². The summed E-state index contributed by atoms with van der Waals surface area (Å²) in [5.41, 5.74) is 0. The second kappa shape index (κ2) is 5.91. The van der Waals surface area contributed by atoms with E-state index in [0.29, 0.717) is 6.10 Å². The van der Waals surface area contributed by atoms with Gasteiger partial charge in [-0.15, -0.1) is 0 Å². The van der Waals surface area contributed by atoms with Crippen LogP contribution in [-0.4, -0.2) is 36.5 Å². The Labute approximate surface area is 117 Å². The van der Waals surface area contributed by atoms with Crippen molar-refractivity contribution < 1.29 is 8.85 Å². The molecule has 0 radical (unpaired) electrons. The average molecular weight is 305 g/mol. The smallest absolute Gasteiger partial charge is 0.183 e. The Balaban J connectivity index is 2.30. The molecular formula is C13H32O2Si3. The Morgan fingerprint density at radius 1 is 1.17 bits per heavy atom. The van der Waals surface area contributed by atoms with Gasteiger partial charge in [-0.25, -0.2) is 0 Å². The van der Waals surface area contributed by atoms with E-state index in [-0.39, 0.29) is 0 Å². The molecule has 1 saturated heterocycles. The van der Waals surface area contributed by atoms with Crippen molar-refractivity contribution in [3.63, 3.8) is 0 Å². The molecule has 1 atom stereocenters. The number of rotatable bonds is 5. The van der Waals surface area contributed by atoms with Crippen molar-refractivity contribution in [3.8, 4) is 0 Å². The van der Waals surface area contributed by atoms with Gasteiger partial charge < -0.3 is 8.85 Å². The molecule has 108 valence electrons. The summed E-state index contributed by atoms with van der Waals surface area (Å²) in [6, 6.07) is 1.46. The molecule has 5 heteroatoms. The first-order valence-corrected chi connectivity index (χ1v) is 17.9. The van der Waals surface area contributed by atoms with E-state index in [2.05, 4.69) is 45.8 Å². The zero-order chi connectivity index (χ0) is 14.0. The van der Waals surface area contributed by atoms with E-state index >= 15 is 0 Å².